The number of rotatable bonds is 7. The summed E-state index contributed by atoms with van der Waals surface area (Å²) < 4.78 is 20.6. The summed E-state index contributed by atoms with van der Waals surface area (Å²) in [4.78, 5) is 23.5. The van der Waals surface area contributed by atoms with E-state index >= 15 is 0 Å². The van der Waals surface area contributed by atoms with Crippen molar-refractivity contribution in [2.75, 3.05) is 26.2 Å². The molecule has 1 aliphatic rings. The molecule has 9 nitrogen and oxygen atoms in total. The Kier molecular flexibility index (Phi) is 5.93. The Balaban J connectivity index is 1.23. The minimum absolute atomic E-state index is 0.362. The Hall–Kier alpha value is -4.70. The molecule has 10 heteroatoms. The maximum Gasteiger partial charge on any atom is 0.155 e. The van der Waals surface area contributed by atoms with Crippen LogP contribution in [-0.4, -0.2) is 66.3 Å². The number of likely N-dealkylation sites (tertiary alicyclic amines) is 1. The molecular formula is C29H25FN8O. The second kappa shape index (κ2) is 9.88. The van der Waals surface area contributed by atoms with Gasteiger partial charge < -0.3 is 9.72 Å². The molecule has 194 valence electrons. The second-order valence-electron chi connectivity index (χ2n) is 9.66. The number of benzene rings is 1. The number of hydrogen-bond acceptors (Lipinski definition) is 7. The lowest BCUT2D eigenvalue weighted by atomic mass is 10.1. The number of H-pyrrole nitrogens is 2. The maximum atomic E-state index is 14.7. The maximum absolute atomic E-state index is 14.7. The van der Waals surface area contributed by atoms with Gasteiger partial charge in [0.2, 0.25) is 0 Å². The summed E-state index contributed by atoms with van der Waals surface area (Å²) in [5, 5.41) is 9.24. The summed E-state index contributed by atoms with van der Waals surface area (Å²) >= 11 is 0. The van der Waals surface area contributed by atoms with Crippen molar-refractivity contribution in [3.8, 4) is 39.7 Å². The van der Waals surface area contributed by atoms with Gasteiger partial charge in [0.25, 0.3) is 0 Å². The Morgan fingerprint density at radius 3 is 2.67 bits per heavy atom. The number of aromatic nitrogens is 7. The number of ether oxygens (including phenoxy) is 1. The van der Waals surface area contributed by atoms with E-state index in [0.29, 0.717) is 29.3 Å². The van der Waals surface area contributed by atoms with Crippen LogP contribution in [0.5, 0.6) is 5.75 Å². The van der Waals surface area contributed by atoms with Crippen LogP contribution in [0.3, 0.4) is 0 Å². The Bertz CT molecular complexity index is 1780. The van der Waals surface area contributed by atoms with Crippen LogP contribution in [0, 0.1) is 5.82 Å². The van der Waals surface area contributed by atoms with E-state index in [2.05, 4.69) is 40.0 Å². The average Bonchev–Trinajstić information content (AvgIpc) is 3.72. The summed E-state index contributed by atoms with van der Waals surface area (Å²) in [7, 11) is 0. The fourth-order valence-electron chi connectivity index (χ4n) is 5.19. The zero-order chi connectivity index (χ0) is 26.2. The lowest BCUT2D eigenvalue weighted by Crippen LogP contribution is -2.25. The molecule has 0 bridgehead atoms. The molecule has 0 spiro atoms. The number of fused-ring (bicyclic) bond motifs is 2. The lowest BCUT2D eigenvalue weighted by Gasteiger charge is -2.15. The largest absolute Gasteiger partial charge is 0.492 e. The molecule has 0 atom stereocenters. The van der Waals surface area contributed by atoms with E-state index < -0.39 is 0 Å². The predicted molar refractivity (Wildman–Crippen MR) is 147 cm³/mol. The molecular weight excluding hydrogens is 495 g/mol. The number of pyridine rings is 2. The number of nitrogens with zero attached hydrogens (tertiary/aromatic N) is 6. The van der Waals surface area contributed by atoms with Crippen molar-refractivity contribution in [1.29, 1.82) is 0 Å². The summed E-state index contributed by atoms with van der Waals surface area (Å²) in [6, 6.07) is 10.6. The van der Waals surface area contributed by atoms with Crippen LogP contribution >= 0.6 is 0 Å². The molecule has 7 rings (SSSR count). The number of halogens is 1. The van der Waals surface area contributed by atoms with Gasteiger partial charge in [-0.25, -0.2) is 9.37 Å². The Morgan fingerprint density at radius 1 is 0.872 bits per heavy atom. The third kappa shape index (κ3) is 4.59. The molecule has 0 radical (unpaired) electrons. The molecule has 5 aromatic heterocycles. The van der Waals surface area contributed by atoms with Gasteiger partial charge in [-0.2, -0.15) is 5.10 Å². The van der Waals surface area contributed by atoms with Gasteiger partial charge in [0.15, 0.2) is 5.65 Å². The summed E-state index contributed by atoms with van der Waals surface area (Å²) in [6.45, 7) is 3.56. The summed E-state index contributed by atoms with van der Waals surface area (Å²) in [6.07, 6.45) is 10.9. The van der Waals surface area contributed by atoms with Crippen LogP contribution in [0.25, 0.3) is 55.8 Å². The lowest BCUT2D eigenvalue weighted by molar-refractivity contribution is 0.237. The highest BCUT2D eigenvalue weighted by Gasteiger charge is 2.17. The quantitative estimate of drug-likeness (QED) is 0.296. The zero-order valence-electron chi connectivity index (χ0n) is 21.1. The topological polar surface area (TPSA) is 108 Å². The third-order valence-electron chi connectivity index (χ3n) is 7.10. The fraction of sp³-hybridized carbons (Fsp3) is 0.207. The van der Waals surface area contributed by atoms with Gasteiger partial charge in [0.05, 0.1) is 23.3 Å². The molecule has 0 aliphatic carbocycles. The predicted octanol–water partition coefficient (Wildman–Crippen LogP) is 5.24. The highest BCUT2D eigenvalue weighted by molar-refractivity contribution is 6.00. The van der Waals surface area contributed by atoms with Crippen LogP contribution in [-0.2, 0) is 0 Å². The molecule has 0 saturated carbocycles. The molecule has 6 heterocycles. The van der Waals surface area contributed by atoms with Crippen LogP contribution in [0.2, 0.25) is 0 Å². The van der Waals surface area contributed by atoms with Crippen molar-refractivity contribution in [3.63, 3.8) is 0 Å². The van der Waals surface area contributed by atoms with E-state index in [-0.39, 0.29) is 5.82 Å². The van der Waals surface area contributed by atoms with Crippen molar-refractivity contribution in [2.45, 2.75) is 12.8 Å². The molecule has 39 heavy (non-hydrogen) atoms. The van der Waals surface area contributed by atoms with E-state index in [1.807, 2.05) is 24.3 Å². The van der Waals surface area contributed by atoms with Gasteiger partial charge in [-0.15, -0.1) is 0 Å². The first-order valence-electron chi connectivity index (χ1n) is 13.0. The fourth-order valence-corrected chi connectivity index (χ4v) is 5.19. The minimum atomic E-state index is -0.362. The van der Waals surface area contributed by atoms with E-state index in [0.717, 1.165) is 58.6 Å². The highest BCUT2D eigenvalue weighted by Crippen LogP contribution is 2.34. The SMILES string of the molecule is Fc1cc(OCCN2CCCC2)cc(-c2nccc3[nH]c(-c4n[nH]c5ncc(-c6cnccn6)cc45)cc23)c1. The first-order valence-corrected chi connectivity index (χ1v) is 13.0. The van der Waals surface area contributed by atoms with Gasteiger partial charge in [0.1, 0.15) is 23.9 Å². The normalized spacial score (nSPS) is 14.0. The number of nitrogens with one attached hydrogen (secondary N) is 2. The van der Waals surface area contributed by atoms with Gasteiger partial charge in [0, 0.05) is 64.8 Å². The van der Waals surface area contributed by atoms with Crippen molar-refractivity contribution >= 4 is 21.9 Å². The zero-order valence-corrected chi connectivity index (χ0v) is 21.1. The van der Waals surface area contributed by atoms with E-state index in [9.17, 15) is 4.39 Å². The van der Waals surface area contributed by atoms with E-state index in [4.69, 9.17) is 4.74 Å². The highest BCUT2D eigenvalue weighted by atomic mass is 19.1. The average molecular weight is 521 g/mol. The van der Waals surface area contributed by atoms with Crippen LogP contribution < -0.4 is 4.74 Å². The van der Waals surface area contributed by atoms with Gasteiger partial charge in [-0.1, -0.05) is 0 Å². The molecule has 6 aromatic rings. The van der Waals surface area contributed by atoms with Gasteiger partial charge in [-0.05, 0) is 56.3 Å². The first kappa shape index (κ1) is 23.4. The standard InChI is InChI=1S/C29H25FN8O/c30-20-11-18(12-21(14-20)39-10-9-38-7-1-2-8-38)27-22-15-25(35-24(22)3-4-33-27)28-23-13-19(16-34-29(23)37-36-28)26-17-31-5-6-32-26/h3-6,11-17,35H,1-2,7-10H2,(H,34,36,37). The number of hydrogen-bond donors (Lipinski definition) is 2. The molecule has 2 N–H and O–H groups in total. The van der Waals surface area contributed by atoms with Crippen LogP contribution in [0.1, 0.15) is 12.8 Å². The molecule has 0 amide bonds. The summed E-state index contributed by atoms with van der Waals surface area (Å²) in [5.74, 6) is 0.138. The molecule has 1 aromatic carbocycles. The minimum Gasteiger partial charge on any atom is -0.492 e. The van der Waals surface area contributed by atoms with Crippen molar-refractivity contribution < 1.29 is 9.13 Å². The van der Waals surface area contributed by atoms with Crippen molar-refractivity contribution in [1.82, 2.24) is 40.0 Å². The first-order chi connectivity index (χ1) is 19.2. The van der Waals surface area contributed by atoms with Gasteiger partial charge in [-0.3, -0.25) is 25.0 Å². The van der Waals surface area contributed by atoms with E-state index in [1.165, 1.54) is 25.0 Å². The Morgan fingerprint density at radius 2 is 1.79 bits per heavy atom. The smallest absolute Gasteiger partial charge is 0.155 e. The van der Waals surface area contributed by atoms with Crippen molar-refractivity contribution in [3.05, 3.63) is 73.2 Å². The molecule has 1 aliphatic heterocycles. The molecule has 0 unspecified atom stereocenters. The number of aromatic amines is 2. The molecule has 1 fully saturated rings. The second-order valence-corrected chi connectivity index (χ2v) is 9.66. The Labute approximate surface area is 223 Å². The van der Waals surface area contributed by atoms with Crippen LogP contribution in [0.15, 0.2) is 67.4 Å². The third-order valence-corrected chi connectivity index (χ3v) is 7.10. The summed E-state index contributed by atoms with van der Waals surface area (Å²) in [5.41, 5.74) is 5.93. The van der Waals surface area contributed by atoms with Crippen molar-refractivity contribution in [2.24, 2.45) is 0 Å². The molecule has 1 saturated heterocycles. The van der Waals surface area contributed by atoms with Gasteiger partial charge >= 0.3 is 0 Å². The van der Waals surface area contributed by atoms with Crippen LogP contribution in [0.4, 0.5) is 4.39 Å². The van der Waals surface area contributed by atoms with E-state index in [1.54, 1.807) is 31.0 Å². The monoisotopic (exact) mass is 520 g/mol.